The first-order valence-electron chi connectivity index (χ1n) is 11.7. The lowest BCUT2D eigenvalue weighted by molar-refractivity contribution is -0.697. The Bertz CT molecular complexity index is 486. The van der Waals surface area contributed by atoms with Crippen molar-refractivity contribution in [3.8, 4) is 6.07 Å². The third-order valence-electron chi connectivity index (χ3n) is 5.62. The maximum atomic E-state index is 8.94. The Balaban J connectivity index is 1.80. The van der Waals surface area contributed by atoms with E-state index >= 15 is 0 Å². The van der Waals surface area contributed by atoms with Crippen molar-refractivity contribution in [1.82, 2.24) is 4.57 Å². The van der Waals surface area contributed by atoms with Gasteiger partial charge in [-0.1, -0.05) is 96.8 Å². The van der Waals surface area contributed by atoms with Crippen molar-refractivity contribution in [3.63, 3.8) is 0 Å². The van der Waals surface area contributed by atoms with Gasteiger partial charge in [0.1, 0.15) is 18.5 Å². The van der Waals surface area contributed by atoms with Crippen LogP contribution in [0.3, 0.4) is 0 Å². The first kappa shape index (κ1) is 23.7. The van der Waals surface area contributed by atoms with E-state index in [2.05, 4.69) is 30.1 Å². The van der Waals surface area contributed by atoms with Crippen LogP contribution < -0.4 is 4.57 Å². The second-order valence-electron chi connectivity index (χ2n) is 8.21. The Morgan fingerprint density at radius 3 is 1.67 bits per heavy atom. The van der Waals surface area contributed by atoms with E-state index in [4.69, 9.17) is 5.26 Å². The molecular weight excluding hydrogens is 330 g/mol. The number of hydrogen-bond donors (Lipinski definition) is 0. The van der Waals surface area contributed by atoms with Gasteiger partial charge in [-0.25, -0.2) is 9.13 Å². The van der Waals surface area contributed by atoms with E-state index in [0.29, 0.717) is 0 Å². The van der Waals surface area contributed by atoms with Gasteiger partial charge in [-0.15, -0.1) is 0 Å². The molecule has 0 aliphatic heterocycles. The van der Waals surface area contributed by atoms with Crippen LogP contribution in [0.2, 0.25) is 0 Å². The minimum Gasteiger partial charge on any atom is -0.237 e. The van der Waals surface area contributed by atoms with E-state index in [0.717, 1.165) is 6.54 Å². The van der Waals surface area contributed by atoms with Gasteiger partial charge in [0, 0.05) is 0 Å². The van der Waals surface area contributed by atoms with Crippen LogP contribution in [0.4, 0.5) is 0 Å². The first-order chi connectivity index (χ1) is 13.3. The minimum absolute atomic E-state index is 0.0722. The van der Waals surface area contributed by atoms with E-state index < -0.39 is 0 Å². The number of nitriles is 1. The molecule has 0 radical (unpaired) electrons. The zero-order valence-electron chi connectivity index (χ0n) is 18.2. The summed E-state index contributed by atoms with van der Waals surface area (Å²) in [5, 5.41) is 8.94. The average molecular weight is 375 g/mol. The van der Waals surface area contributed by atoms with Gasteiger partial charge in [0.05, 0.1) is 6.54 Å². The fourth-order valence-corrected chi connectivity index (χ4v) is 3.68. The second-order valence-corrected chi connectivity index (χ2v) is 8.21. The van der Waals surface area contributed by atoms with Crippen molar-refractivity contribution in [3.05, 3.63) is 18.7 Å². The van der Waals surface area contributed by atoms with E-state index in [1.165, 1.54) is 103 Å². The molecule has 27 heavy (non-hydrogen) atoms. The minimum atomic E-state index is -0.0722. The smallest absolute Gasteiger partial charge is 0.237 e. The summed E-state index contributed by atoms with van der Waals surface area (Å²) in [4.78, 5) is 0. The maximum absolute atomic E-state index is 8.94. The quantitative estimate of drug-likeness (QED) is 0.199. The van der Waals surface area contributed by atoms with E-state index in [1.54, 1.807) is 0 Å². The molecule has 1 aromatic rings. The fraction of sp³-hybridized carbons (Fsp3) is 0.833. The summed E-state index contributed by atoms with van der Waals surface area (Å²) in [6.07, 6.45) is 28.7. The maximum Gasteiger partial charge on any atom is 0.244 e. The molecule has 0 aliphatic carbocycles. The van der Waals surface area contributed by atoms with Crippen LogP contribution in [-0.4, -0.2) is 4.57 Å². The van der Waals surface area contributed by atoms with Crippen LogP contribution in [0.15, 0.2) is 18.7 Å². The predicted octanol–water partition coefficient (Wildman–Crippen LogP) is 7.12. The molecule has 1 rings (SSSR count). The van der Waals surface area contributed by atoms with Crippen molar-refractivity contribution < 1.29 is 4.57 Å². The summed E-state index contributed by atoms with van der Waals surface area (Å²) in [6, 6.07) is 2.20. The molecule has 1 aromatic heterocycles. The van der Waals surface area contributed by atoms with Gasteiger partial charge in [0.2, 0.25) is 6.33 Å². The number of imidazole rings is 1. The molecule has 0 bridgehead atoms. The fourth-order valence-electron chi connectivity index (χ4n) is 3.68. The molecule has 1 unspecified atom stereocenters. The molecule has 0 amide bonds. The lowest BCUT2D eigenvalue weighted by Crippen LogP contribution is -2.31. The number of aryl methyl sites for hydroxylation is 1. The summed E-state index contributed by atoms with van der Waals surface area (Å²) in [5.41, 5.74) is 0. The van der Waals surface area contributed by atoms with Crippen LogP contribution >= 0.6 is 0 Å². The lowest BCUT2D eigenvalue weighted by Gasteiger charge is -2.03. The van der Waals surface area contributed by atoms with Crippen molar-refractivity contribution in [2.45, 2.75) is 129 Å². The van der Waals surface area contributed by atoms with Gasteiger partial charge in [-0.05, 0) is 19.8 Å². The molecule has 1 heterocycles. The summed E-state index contributed by atoms with van der Waals surface area (Å²) in [6.45, 7) is 5.29. The third-order valence-corrected chi connectivity index (χ3v) is 5.62. The number of unbranched alkanes of at least 4 members (excludes halogenated alkanes) is 15. The van der Waals surface area contributed by atoms with Gasteiger partial charge in [0.15, 0.2) is 6.04 Å². The van der Waals surface area contributed by atoms with Gasteiger partial charge in [0.25, 0.3) is 0 Å². The predicted molar refractivity (Wildman–Crippen MR) is 114 cm³/mol. The van der Waals surface area contributed by atoms with Gasteiger partial charge in [-0.3, -0.25) is 0 Å². The van der Waals surface area contributed by atoms with Crippen LogP contribution in [-0.2, 0) is 6.54 Å². The van der Waals surface area contributed by atoms with E-state index in [9.17, 15) is 0 Å². The van der Waals surface area contributed by atoms with Gasteiger partial charge < -0.3 is 0 Å². The molecule has 0 fully saturated rings. The van der Waals surface area contributed by atoms with Crippen LogP contribution in [0, 0.1) is 11.3 Å². The molecule has 0 N–H and O–H groups in total. The number of nitrogens with zero attached hydrogens (tertiary/aromatic N) is 3. The van der Waals surface area contributed by atoms with Crippen LogP contribution in [0.5, 0.6) is 0 Å². The Morgan fingerprint density at radius 2 is 1.22 bits per heavy atom. The molecule has 0 aromatic carbocycles. The molecule has 3 heteroatoms. The van der Waals surface area contributed by atoms with Crippen LogP contribution in [0.25, 0.3) is 0 Å². The number of aromatic nitrogens is 2. The lowest BCUT2D eigenvalue weighted by atomic mass is 10.0. The second kappa shape index (κ2) is 16.8. The third kappa shape index (κ3) is 12.7. The van der Waals surface area contributed by atoms with Crippen molar-refractivity contribution in [2.24, 2.45) is 0 Å². The SMILES string of the molecule is CCCCCCCCCCCCCCCCCC[n+]1ccn(C(C)C#N)c1. The molecule has 3 nitrogen and oxygen atoms in total. The Kier molecular flexibility index (Phi) is 14.8. The topological polar surface area (TPSA) is 32.6 Å². The standard InChI is InChI=1S/C24H44N3/c1-3-4-5-6-7-8-9-10-11-12-13-14-15-16-17-18-19-26-20-21-27(23-26)24(2)22-25/h20-21,23-24H,3-19H2,1-2H3/q+1. The van der Waals surface area contributed by atoms with Crippen molar-refractivity contribution in [2.75, 3.05) is 0 Å². The first-order valence-corrected chi connectivity index (χ1v) is 11.7. The van der Waals surface area contributed by atoms with Crippen LogP contribution in [0.1, 0.15) is 123 Å². The zero-order valence-corrected chi connectivity index (χ0v) is 18.2. The average Bonchev–Trinajstić information content (AvgIpc) is 3.16. The number of hydrogen-bond acceptors (Lipinski definition) is 1. The number of rotatable bonds is 18. The summed E-state index contributed by atoms with van der Waals surface area (Å²) >= 11 is 0. The van der Waals surface area contributed by atoms with E-state index in [1.807, 2.05) is 17.7 Å². The Labute approximate surface area is 168 Å². The Morgan fingerprint density at radius 1 is 0.778 bits per heavy atom. The molecular formula is C24H44N3+. The monoisotopic (exact) mass is 374 g/mol. The Hall–Kier alpha value is -1.30. The van der Waals surface area contributed by atoms with Gasteiger partial charge >= 0.3 is 0 Å². The molecule has 0 spiro atoms. The largest absolute Gasteiger partial charge is 0.244 e. The summed E-state index contributed by atoms with van der Waals surface area (Å²) < 4.78 is 4.18. The summed E-state index contributed by atoms with van der Waals surface area (Å²) in [7, 11) is 0. The highest BCUT2D eigenvalue weighted by Gasteiger charge is 2.09. The molecule has 0 saturated heterocycles. The molecule has 154 valence electrons. The highest BCUT2D eigenvalue weighted by Crippen LogP contribution is 2.13. The molecule has 0 saturated carbocycles. The normalized spacial score (nSPS) is 12.2. The zero-order chi connectivity index (χ0) is 19.6. The van der Waals surface area contributed by atoms with Gasteiger partial charge in [-0.2, -0.15) is 5.26 Å². The molecule has 0 aliphatic rings. The molecule has 1 atom stereocenters. The summed E-state index contributed by atoms with van der Waals surface area (Å²) in [5.74, 6) is 0. The van der Waals surface area contributed by atoms with Crippen molar-refractivity contribution in [1.29, 1.82) is 5.26 Å². The van der Waals surface area contributed by atoms with Crippen molar-refractivity contribution >= 4 is 0 Å². The highest BCUT2D eigenvalue weighted by atomic mass is 15.1. The van der Waals surface area contributed by atoms with E-state index in [-0.39, 0.29) is 6.04 Å². The highest BCUT2D eigenvalue weighted by molar-refractivity contribution is 4.87.